The SMILES string of the molecule is Cc1nc2cc([C@@H]3C[C@@H]4O[C@H]4CCC[C@H](CO)C[C@@H](C)C(=O)C(C)(C)C=CC(=O)O3)ccc2n1C. The summed E-state index contributed by atoms with van der Waals surface area (Å²) in [6, 6.07) is 5.99. The summed E-state index contributed by atoms with van der Waals surface area (Å²) in [5, 5.41) is 9.85. The van der Waals surface area contributed by atoms with E-state index in [-0.39, 0.29) is 36.4 Å². The van der Waals surface area contributed by atoms with Gasteiger partial charge >= 0.3 is 5.97 Å². The molecule has 7 heteroatoms. The van der Waals surface area contributed by atoms with Crippen molar-refractivity contribution in [1.29, 1.82) is 0 Å². The zero-order valence-corrected chi connectivity index (χ0v) is 21.5. The van der Waals surface area contributed by atoms with Crippen molar-refractivity contribution in [2.24, 2.45) is 24.3 Å². The standard InChI is InChI=1S/C28H38N2O5/c1-17-13-19(16-31)7-6-8-23-25(34-23)15-24(35-26(32)11-12-28(3,4)27(17)33)20-9-10-22-21(14-20)29-18(2)30(22)5/h9-12,14,17,19,23-25,31H,6-8,13,15-16H2,1-5H3/t17-,19+,23+,24+,25+/m1/s1. The first-order valence-electron chi connectivity index (χ1n) is 12.7. The van der Waals surface area contributed by atoms with Crippen LogP contribution in [0.4, 0.5) is 0 Å². The van der Waals surface area contributed by atoms with Crippen LogP contribution in [-0.2, 0) is 26.1 Å². The van der Waals surface area contributed by atoms with Gasteiger partial charge in [-0.25, -0.2) is 9.78 Å². The van der Waals surface area contributed by atoms with E-state index >= 15 is 0 Å². The summed E-state index contributed by atoms with van der Waals surface area (Å²) in [6.07, 6.45) is 6.64. The van der Waals surface area contributed by atoms with Crippen LogP contribution in [0.25, 0.3) is 11.0 Å². The van der Waals surface area contributed by atoms with Crippen LogP contribution < -0.4 is 0 Å². The number of allylic oxidation sites excluding steroid dienone is 1. The van der Waals surface area contributed by atoms with E-state index in [1.165, 1.54) is 6.08 Å². The Morgan fingerprint density at radius 2 is 1.94 bits per heavy atom. The highest BCUT2D eigenvalue weighted by molar-refractivity contribution is 5.90. The highest BCUT2D eigenvalue weighted by Crippen LogP contribution is 2.38. The molecule has 35 heavy (non-hydrogen) atoms. The number of hydrogen-bond acceptors (Lipinski definition) is 6. The number of epoxide rings is 1. The van der Waals surface area contributed by atoms with Crippen LogP contribution in [0.1, 0.15) is 70.4 Å². The van der Waals surface area contributed by atoms with Crippen LogP contribution in [0.2, 0.25) is 0 Å². The molecule has 0 unspecified atom stereocenters. The predicted molar refractivity (Wildman–Crippen MR) is 134 cm³/mol. The maximum atomic E-state index is 13.1. The number of hydrogen-bond donors (Lipinski definition) is 1. The van der Waals surface area contributed by atoms with Crippen molar-refractivity contribution in [3.05, 3.63) is 41.7 Å². The molecule has 1 aromatic heterocycles. The van der Waals surface area contributed by atoms with E-state index in [9.17, 15) is 14.7 Å². The molecule has 1 fully saturated rings. The summed E-state index contributed by atoms with van der Waals surface area (Å²) in [7, 11) is 1.98. The molecule has 1 N–H and O–H groups in total. The van der Waals surface area contributed by atoms with Crippen molar-refractivity contribution in [2.75, 3.05) is 6.61 Å². The number of aryl methyl sites for hydroxylation is 2. The number of carbonyl (C=O) groups excluding carboxylic acids is 2. The van der Waals surface area contributed by atoms with Gasteiger partial charge in [-0.15, -0.1) is 0 Å². The molecule has 0 spiro atoms. The van der Waals surface area contributed by atoms with Gasteiger partial charge in [0.1, 0.15) is 17.7 Å². The Labute approximate surface area is 207 Å². The minimum atomic E-state index is -0.805. The monoisotopic (exact) mass is 482 g/mol. The quantitative estimate of drug-likeness (QED) is 0.497. The molecule has 7 nitrogen and oxygen atoms in total. The van der Waals surface area contributed by atoms with Crippen molar-refractivity contribution in [1.82, 2.24) is 9.55 Å². The molecule has 3 heterocycles. The van der Waals surface area contributed by atoms with Crippen LogP contribution in [0.5, 0.6) is 0 Å². The second kappa shape index (κ2) is 10.2. The van der Waals surface area contributed by atoms with E-state index < -0.39 is 17.5 Å². The van der Waals surface area contributed by atoms with E-state index in [1.807, 2.05) is 57.5 Å². The number of aliphatic hydroxyl groups excluding tert-OH is 1. The van der Waals surface area contributed by atoms with Gasteiger partial charge in [0.05, 0.1) is 23.2 Å². The van der Waals surface area contributed by atoms with Crippen molar-refractivity contribution in [2.45, 2.75) is 78.1 Å². The van der Waals surface area contributed by atoms with Crippen LogP contribution in [0, 0.1) is 24.2 Å². The second-order valence-electron chi connectivity index (χ2n) is 10.9. The summed E-state index contributed by atoms with van der Waals surface area (Å²) >= 11 is 0. The third kappa shape index (κ3) is 5.84. The number of aromatic nitrogens is 2. The molecule has 2 aliphatic rings. The first-order chi connectivity index (χ1) is 16.6. The van der Waals surface area contributed by atoms with Gasteiger partial charge in [0.25, 0.3) is 0 Å². The molecule has 2 aliphatic heterocycles. The molecular formula is C28H38N2O5. The number of cyclic esters (lactones) is 1. The van der Waals surface area contributed by atoms with E-state index in [0.717, 1.165) is 41.7 Å². The fourth-order valence-electron chi connectivity index (χ4n) is 5.31. The van der Waals surface area contributed by atoms with E-state index in [2.05, 4.69) is 4.98 Å². The zero-order chi connectivity index (χ0) is 25.3. The van der Waals surface area contributed by atoms with Crippen molar-refractivity contribution in [3.63, 3.8) is 0 Å². The van der Waals surface area contributed by atoms with Crippen LogP contribution in [0.3, 0.4) is 0 Å². The van der Waals surface area contributed by atoms with E-state index in [0.29, 0.717) is 12.8 Å². The number of ether oxygens (including phenoxy) is 2. The molecule has 0 aliphatic carbocycles. The summed E-state index contributed by atoms with van der Waals surface area (Å²) < 4.78 is 13.9. The van der Waals surface area contributed by atoms with Crippen molar-refractivity contribution in [3.8, 4) is 0 Å². The molecule has 1 aromatic carbocycles. The van der Waals surface area contributed by atoms with E-state index in [1.54, 1.807) is 6.08 Å². The molecule has 2 aromatic rings. The number of aliphatic hydroxyl groups is 1. The first-order valence-corrected chi connectivity index (χ1v) is 12.7. The van der Waals surface area contributed by atoms with Gasteiger partial charge in [-0.3, -0.25) is 4.79 Å². The second-order valence-corrected chi connectivity index (χ2v) is 10.9. The van der Waals surface area contributed by atoms with Gasteiger partial charge < -0.3 is 19.1 Å². The molecule has 1 saturated heterocycles. The molecule has 0 radical (unpaired) electrons. The first kappa shape index (κ1) is 25.6. The fraction of sp³-hybridized carbons (Fsp3) is 0.607. The van der Waals surface area contributed by atoms with Crippen molar-refractivity contribution < 1.29 is 24.2 Å². The lowest BCUT2D eigenvalue weighted by Gasteiger charge is -2.26. The Hall–Kier alpha value is -2.51. The van der Waals surface area contributed by atoms with Gasteiger partial charge in [0.15, 0.2) is 0 Å². The smallest absolute Gasteiger partial charge is 0.331 e. The Balaban J connectivity index is 1.60. The van der Waals surface area contributed by atoms with E-state index in [4.69, 9.17) is 9.47 Å². The lowest BCUT2D eigenvalue weighted by Crippen LogP contribution is -2.30. The number of imidazole rings is 1. The number of ketones is 1. The number of rotatable bonds is 2. The molecule has 0 saturated carbocycles. The number of benzene rings is 1. The number of Topliss-reactive ketones (excluding diaryl/α,β-unsaturated/α-hetero) is 1. The Kier molecular flexibility index (Phi) is 7.48. The van der Waals surface area contributed by atoms with Gasteiger partial charge in [-0.2, -0.15) is 0 Å². The maximum Gasteiger partial charge on any atom is 0.331 e. The lowest BCUT2D eigenvalue weighted by molar-refractivity contribution is -0.144. The predicted octanol–water partition coefficient (Wildman–Crippen LogP) is 4.59. The molecule has 190 valence electrons. The Bertz CT molecular complexity index is 1120. The Morgan fingerprint density at radius 1 is 1.17 bits per heavy atom. The molecule has 4 rings (SSSR count). The molecule has 0 bridgehead atoms. The summed E-state index contributed by atoms with van der Waals surface area (Å²) in [4.78, 5) is 30.6. The van der Waals surface area contributed by atoms with Gasteiger partial charge in [-0.1, -0.05) is 25.5 Å². The van der Waals surface area contributed by atoms with Crippen LogP contribution >= 0.6 is 0 Å². The van der Waals surface area contributed by atoms with Gasteiger partial charge in [0, 0.05) is 37.5 Å². The topological polar surface area (TPSA) is 94.0 Å². The highest BCUT2D eigenvalue weighted by atomic mass is 16.6. The van der Waals surface area contributed by atoms with Gasteiger partial charge in [-0.05, 0) is 63.6 Å². The lowest BCUT2D eigenvalue weighted by atomic mass is 9.78. The third-order valence-corrected chi connectivity index (χ3v) is 7.66. The third-order valence-electron chi connectivity index (χ3n) is 7.66. The van der Waals surface area contributed by atoms with Crippen LogP contribution in [-0.4, -0.2) is 45.2 Å². The normalized spacial score (nSPS) is 30.2. The van der Waals surface area contributed by atoms with Crippen LogP contribution in [0.15, 0.2) is 30.4 Å². The number of fused-ring (bicyclic) bond motifs is 2. The largest absolute Gasteiger partial charge is 0.454 e. The zero-order valence-electron chi connectivity index (χ0n) is 21.5. The summed E-state index contributed by atoms with van der Waals surface area (Å²) in [5.41, 5.74) is 1.97. The maximum absolute atomic E-state index is 13.1. The molecule has 0 amide bonds. The fourth-order valence-corrected chi connectivity index (χ4v) is 5.31. The average Bonchev–Trinajstić information content (AvgIpc) is 3.50. The number of nitrogens with zero attached hydrogens (tertiary/aromatic N) is 2. The summed E-state index contributed by atoms with van der Waals surface area (Å²) in [6.45, 7) is 7.60. The average molecular weight is 483 g/mol. The molecule has 5 atom stereocenters. The number of esters is 1. The van der Waals surface area contributed by atoms with Crippen molar-refractivity contribution >= 4 is 22.8 Å². The Morgan fingerprint density at radius 3 is 2.69 bits per heavy atom. The van der Waals surface area contributed by atoms with Gasteiger partial charge in [0.2, 0.25) is 0 Å². The molecular weight excluding hydrogens is 444 g/mol. The minimum Gasteiger partial charge on any atom is -0.454 e. The number of carbonyl (C=O) groups is 2. The minimum absolute atomic E-state index is 0.0374. The highest BCUT2D eigenvalue weighted by Gasteiger charge is 2.41. The summed E-state index contributed by atoms with van der Waals surface area (Å²) in [5.74, 6) is 0.388.